The largest absolute Gasteiger partial charge is 0.475 e. The topological polar surface area (TPSA) is 93.3 Å². The Morgan fingerprint density at radius 3 is 2.50 bits per heavy atom. The van der Waals surface area contributed by atoms with Gasteiger partial charge >= 0.3 is 5.97 Å². The van der Waals surface area contributed by atoms with Crippen LogP contribution in [0.4, 0.5) is 5.13 Å². The van der Waals surface area contributed by atoms with Gasteiger partial charge in [0.1, 0.15) is 9.48 Å². The number of halogens is 1. The zero-order chi connectivity index (χ0) is 9.30. The quantitative estimate of drug-likeness (QED) is 0.597. The third-order valence-corrected chi connectivity index (χ3v) is 2.55. The van der Waals surface area contributed by atoms with Gasteiger partial charge in [0.05, 0.1) is 0 Å². The van der Waals surface area contributed by atoms with Crippen LogP contribution in [-0.2, 0) is 4.79 Å². The van der Waals surface area contributed by atoms with E-state index in [1.165, 1.54) is 0 Å². The average Bonchev–Trinajstić information content (AvgIpc) is 2.28. The molecule has 0 aromatic carbocycles. The van der Waals surface area contributed by atoms with E-state index in [1.807, 2.05) is 0 Å². The number of hydrogen-bond acceptors (Lipinski definition) is 5. The molecule has 1 aromatic heterocycles. The summed E-state index contributed by atoms with van der Waals surface area (Å²) in [5, 5.41) is 8.48. The molecule has 64 valence electrons. The van der Waals surface area contributed by atoms with Crippen molar-refractivity contribution in [1.29, 1.82) is 0 Å². The summed E-state index contributed by atoms with van der Waals surface area (Å²) in [6, 6.07) is 0. The molecule has 0 spiro atoms. The molecule has 0 radical (unpaired) electrons. The van der Waals surface area contributed by atoms with Crippen molar-refractivity contribution in [3.8, 4) is 0 Å². The fraction of sp³-hybridized carbons (Fsp3) is 0. The Morgan fingerprint density at radius 2 is 2.17 bits per heavy atom. The van der Waals surface area contributed by atoms with Crippen molar-refractivity contribution in [1.82, 2.24) is 4.98 Å². The van der Waals surface area contributed by atoms with Crippen molar-refractivity contribution in [2.24, 2.45) is 0 Å². The van der Waals surface area contributed by atoms with E-state index in [0.29, 0.717) is 3.79 Å². The first-order valence-electron chi connectivity index (χ1n) is 2.71. The average molecular weight is 251 g/mol. The highest BCUT2D eigenvalue weighted by atomic mass is 79.9. The molecular weight excluding hydrogens is 248 g/mol. The van der Waals surface area contributed by atoms with Crippen molar-refractivity contribution in [3.63, 3.8) is 0 Å². The maximum Gasteiger partial charge on any atom is 0.379 e. The van der Waals surface area contributed by atoms with E-state index >= 15 is 0 Å². The zero-order valence-corrected chi connectivity index (χ0v) is 7.98. The van der Waals surface area contributed by atoms with Gasteiger partial charge in [-0.25, -0.2) is 9.78 Å². The van der Waals surface area contributed by atoms with E-state index in [9.17, 15) is 9.59 Å². The summed E-state index contributed by atoms with van der Waals surface area (Å²) in [7, 11) is 0. The van der Waals surface area contributed by atoms with Gasteiger partial charge < -0.3 is 10.8 Å². The van der Waals surface area contributed by atoms with Gasteiger partial charge in [0.15, 0.2) is 5.13 Å². The van der Waals surface area contributed by atoms with Crippen LogP contribution in [0.5, 0.6) is 0 Å². The summed E-state index contributed by atoms with van der Waals surface area (Å²) >= 11 is 3.99. The molecule has 1 aromatic rings. The molecule has 0 amide bonds. The Labute approximate surface area is 79.3 Å². The van der Waals surface area contributed by atoms with Crippen molar-refractivity contribution < 1.29 is 14.7 Å². The minimum absolute atomic E-state index is 0.148. The number of carboxylic acids is 1. The van der Waals surface area contributed by atoms with Crippen LogP contribution in [-0.4, -0.2) is 21.8 Å². The Hall–Kier alpha value is -0.950. The lowest BCUT2D eigenvalue weighted by molar-refractivity contribution is -0.131. The van der Waals surface area contributed by atoms with Gasteiger partial charge in [-0.3, -0.25) is 4.79 Å². The van der Waals surface area contributed by atoms with Crippen LogP contribution in [0.3, 0.4) is 0 Å². The highest BCUT2D eigenvalue weighted by molar-refractivity contribution is 9.11. The Morgan fingerprint density at radius 1 is 1.58 bits per heavy atom. The summed E-state index contributed by atoms with van der Waals surface area (Å²) < 4.78 is 0.340. The molecule has 0 aliphatic rings. The number of hydrogen-bond donors (Lipinski definition) is 2. The smallest absolute Gasteiger partial charge is 0.379 e. The second kappa shape index (κ2) is 3.20. The standard InChI is InChI=1S/C5H3BrN2O3S/c6-3-1(2(9)4(10)11)8-5(7)12-3/h(H2,7,8)(H,10,11). The lowest BCUT2D eigenvalue weighted by atomic mass is 10.3. The number of carboxylic acid groups (broad SMARTS) is 1. The fourth-order valence-electron chi connectivity index (χ4n) is 0.558. The Bertz CT molecular complexity index is 348. The van der Waals surface area contributed by atoms with E-state index in [1.54, 1.807) is 0 Å². The first-order valence-corrected chi connectivity index (χ1v) is 4.32. The lowest BCUT2D eigenvalue weighted by Gasteiger charge is -1.87. The molecule has 0 fully saturated rings. The number of Topliss-reactive ketones (excluding diaryl/α,β-unsaturated/α-hetero) is 1. The SMILES string of the molecule is Nc1nc(C(=O)C(=O)O)c(Br)s1. The van der Waals surface area contributed by atoms with Crippen molar-refractivity contribution in [2.45, 2.75) is 0 Å². The van der Waals surface area contributed by atoms with Gasteiger partial charge in [-0.15, -0.1) is 0 Å². The number of carbonyl (C=O) groups is 2. The molecule has 3 N–H and O–H groups in total. The highest BCUT2D eigenvalue weighted by Crippen LogP contribution is 2.26. The third kappa shape index (κ3) is 1.62. The number of aliphatic carboxylic acids is 1. The molecule has 1 rings (SSSR count). The number of carbonyl (C=O) groups excluding carboxylic acids is 1. The summed E-state index contributed by atoms with van der Waals surface area (Å²) in [6.07, 6.45) is 0. The monoisotopic (exact) mass is 250 g/mol. The summed E-state index contributed by atoms with van der Waals surface area (Å²) in [5.74, 6) is -2.60. The molecule has 0 saturated carbocycles. The molecule has 0 aliphatic heterocycles. The van der Waals surface area contributed by atoms with Gasteiger partial charge in [0.2, 0.25) is 0 Å². The summed E-state index contributed by atoms with van der Waals surface area (Å²) in [4.78, 5) is 24.6. The van der Waals surface area contributed by atoms with Gasteiger partial charge in [0.25, 0.3) is 5.78 Å². The first kappa shape index (κ1) is 9.14. The summed E-state index contributed by atoms with van der Waals surface area (Å²) in [5.41, 5.74) is 5.10. The van der Waals surface area contributed by atoms with Crippen LogP contribution >= 0.6 is 27.3 Å². The number of nitrogens with two attached hydrogens (primary N) is 1. The van der Waals surface area contributed by atoms with Gasteiger partial charge in [-0.1, -0.05) is 11.3 Å². The van der Waals surface area contributed by atoms with Crippen LogP contribution in [0.2, 0.25) is 0 Å². The van der Waals surface area contributed by atoms with Crippen molar-refractivity contribution in [3.05, 3.63) is 9.48 Å². The number of nitrogens with zero attached hydrogens (tertiary/aromatic N) is 1. The van der Waals surface area contributed by atoms with Gasteiger partial charge in [-0.2, -0.15) is 0 Å². The van der Waals surface area contributed by atoms with Crippen molar-refractivity contribution >= 4 is 44.2 Å². The van der Waals surface area contributed by atoms with Crippen LogP contribution in [0.25, 0.3) is 0 Å². The number of rotatable bonds is 2. The van der Waals surface area contributed by atoms with E-state index in [2.05, 4.69) is 20.9 Å². The van der Waals surface area contributed by atoms with Crippen molar-refractivity contribution in [2.75, 3.05) is 5.73 Å². The molecule has 0 unspecified atom stereocenters. The Balaban J connectivity index is 3.11. The molecular formula is C5H3BrN2O3S. The minimum Gasteiger partial charge on any atom is -0.475 e. The van der Waals surface area contributed by atoms with Crippen LogP contribution in [0.15, 0.2) is 3.79 Å². The molecule has 12 heavy (non-hydrogen) atoms. The number of nitrogen functional groups attached to an aromatic ring is 1. The predicted octanol–water partition coefficient (Wildman–Crippen LogP) is 0.755. The van der Waals surface area contributed by atoms with Crippen LogP contribution in [0.1, 0.15) is 10.5 Å². The van der Waals surface area contributed by atoms with E-state index in [0.717, 1.165) is 11.3 Å². The van der Waals surface area contributed by atoms with E-state index < -0.39 is 11.8 Å². The second-order valence-corrected chi connectivity index (χ2v) is 4.16. The van der Waals surface area contributed by atoms with E-state index in [-0.39, 0.29) is 10.8 Å². The lowest BCUT2D eigenvalue weighted by Crippen LogP contribution is -2.13. The summed E-state index contributed by atoms with van der Waals surface area (Å²) in [6.45, 7) is 0. The van der Waals surface area contributed by atoms with Crippen LogP contribution in [0, 0.1) is 0 Å². The third-order valence-electron chi connectivity index (χ3n) is 1.01. The number of thiazole rings is 1. The molecule has 0 aliphatic carbocycles. The first-order chi connectivity index (χ1) is 5.52. The van der Waals surface area contributed by atoms with Gasteiger partial charge in [-0.05, 0) is 15.9 Å². The highest BCUT2D eigenvalue weighted by Gasteiger charge is 2.21. The molecule has 0 bridgehead atoms. The molecule has 7 heteroatoms. The maximum absolute atomic E-state index is 10.8. The molecule has 0 saturated heterocycles. The number of ketones is 1. The van der Waals surface area contributed by atoms with Crippen LogP contribution < -0.4 is 5.73 Å². The van der Waals surface area contributed by atoms with E-state index in [4.69, 9.17) is 10.8 Å². The second-order valence-electron chi connectivity index (χ2n) is 1.81. The normalized spacial score (nSPS) is 9.75. The van der Waals surface area contributed by atoms with Gasteiger partial charge in [0, 0.05) is 0 Å². The number of aromatic nitrogens is 1. The fourth-order valence-corrected chi connectivity index (χ4v) is 1.88. The maximum atomic E-state index is 10.8. The number of anilines is 1. The predicted molar refractivity (Wildman–Crippen MR) is 46.2 cm³/mol. The molecule has 1 heterocycles. The zero-order valence-electron chi connectivity index (χ0n) is 5.57. The minimum atomic E-state index is -1.54. The molecule has 0 atom stereocenters. The molecule has 5 nitrogen and oxygen atoms in total. The Kier molecular flexibility index (Phi) is 2.43.